The molecule has 0 saturated heterocycles. The van der Waals surface area contributed by atoms with Gasteiger partial charge in [0, 0.05) is 29.9 Å². The molecule has 2 aromatic rings. The first-order valence-corrected chi connectivity index (χ1v) is 7.31. The standard InChI is InChI=1S/C16H17F3N2O2/c1-21-12-3-2-11(16(17,18)19)6-10(12)7-13(21)14(23)20-8-15(9-22)4-5-15/h2-3,6-7,22H,4-5,8-9H2,1H3,(H,20,23). The Morgan fingerprint density at radius 2 is 2.04 bits per heavy atom. The van der Waals surface area contributed by atoms with Crippen molar-refractivity contribution in [1.29, 1.82) is 0 Å². The predicted octanol–water partition coefficient (Wildman–Crippen LogP) is 2.70. The molecular weight excluding hydrogens is 309 g/mol. The van der Waals surface area contributed by atoms with E-state index in [0.29, 0.717) is 23.1 Å². The van der Waals surface area contributed by atoms with E-state index in [-0.39, 0.29) is 17.9 Å². The number of nitrogens with zero attached hydrogens (tertiary/aromatic N) is 1. The number of alkyl halides is 3. The van der Waals surface area contributed by atoms with Crippen LogP contribution in [0.2, 0.25) is 0 Å². The number of aliphatic hydroxyl groups is 1. The quantitative estimate of drug-likeness (QED) is 0.908. The molecule has 1 fully saturated rings. The van der Waals surface area contributed by atoms with E-state index in [9.17, 15) is 23.1 Å². The van der Waals surface area contributed by atoms with Crippen LogP contribution >= 0.6 is 0 Å². The highest BCUT2D eigenvalue weighted by molar-refractivity contribution is 5.98. The molecule has 0 bridgehead atoms. The Labute approximate surface area is 130 Å². The molecule has 0 unspecified atom stereocenters. The Morgan fingerprint density at radius 1 is 1.35 bits per heavy atom. The van der Waals surface area contributed by atoms with E-state index in [1.54, 1.807) is 11.6 Å². The van der Waals surface area contributed by atoms with Crippen LogP contribution in [-0.4, -0.2) is 28.7 Å². The summed E-state index contributed by atoms with van der Waals surface area (Å²) in [6, 6.07) is 4.88. The number of carbonyl (C=O) groups is 1. The fourth-order valence-corrected chi connectivity index (χ4v) is 2.67. The van der Waals surface area contributed by atoms with Crippen molar-refractivity contribution in [3.63, 3.8) is 0 Å². The average molecular weight is 326 g/mol. The molecule has 0 aliphatic heterocycles. The van der Waals surface area contributed by atoms with Crippen LogP contribution in [-0.2, 0) is 13.2 Å². The van der Waals surface area contributed by atoms with Crippen LogP contribution in [0.3, 0.4) is 0 Å². The van der Waals surface area contributed by atoms with Crippen molar-refractivity contribution in [2.75, 3.05) is 13.2 Å². The van der Waals surface area contributed by atoms with Gasteiger partial charge in [0.25, 0.3) is 5.91 Å². The van der Waals surface area contributed by atoms with Gasteiger partial charge in [0.05, 0.1) is 12.2 Å². The third kappa shape index (κ3) is 2.93. The van der Waals surface area contributed by atoms with Gasteiger partial charge in [-0.1, -0.05) is 0 Å². The fraction of sp³-hybridized carbons (Fsp3) is 0.438. The minimum absolute atomic E-state index is 0.0251. The number of hydrogen-bond donors (Lipinski definition) is 2. The number of carbonyl (C=O) groups excluding carboxylic acids is 1. The fourth-order valence-electron chi connectivity index (χ4n) is 2.67. The minimum atomic E-state index is -4.41. The lowest BCUT2D eigenvalue weighted by Crippen LogP contribution is -2.32. The first-order chi connectivity index (χ1) is 10.8. The lowest BCUT2D eigenvalue weighted by Gasteiger charge is -2.13. The first kappa shape index (κ1) is 15.9. The summed E-state index contributed by atoms with van der Waals surface area (Å²) in [5.74, 6) is -0.350. The van der Waals surface area contributed by atoms with Crippen molar-refractivity contribution in [2.45, 2.75) is 19.0 Å². The highest BCUT2D eigenvalue weighted by Gasteiger charge is 2.42. The third-order valence-corrected chi connectivity index (χ3v) is 4.52. The maximum absolute atomic E-state index is 12.8. The molecule has 2 N–H and O–H groups in total. The van der Waals surface area contributed by atoms with Crippen LogP contribution in [0.15, 0.2) is 24.3 Å². The number of amides is 1. The summed E-state index contributed by atoms with van der Waals surface area (Å²) in [7, 11) is 1.64. The number of halogens is 3. The van der Waals surface area contributed by atoms with Crippen molar-refractivity contribution < 1.29 is 23.1 Å². The van der Waals surface area contributed by atoms with Crippen LogP contribution in [0, 0.1) is 5.41 Å². The monoisotopic (exact) mass is 326 g/mol. The van der Waals surface area contributed by atoms with Crippen molar-refractivity contribution in [1.82, 2.24) is 9.88 Å². The van der Waals surface area contributed by atoms with Gasteiger partial charge in [-0.3, -0.25) is 4.79 Å². The molecule has 1 heterocycles. The molecule has 124 valence electrons. The van der Waals surface area contributed by atoms with Crippen molar-refractivity contribution in [3.8, 4) is 0 Å². The molecule has 7 heteroatoms. The zero-order valence-corrected chi connectivity index (χ0v) is 12.6. The second-order valence-electron chi connectivity index (χ2n) is 6.20. The van der Waals surface area contributed by atoms with Crippen LogP contribution < -0.4 is 5.32 Å². The Balaban J connectivity index is 1.86. The van der Waals surface area contributed by atoms with Crippen LogP contribution in [0.25, 0.3) is 10.9 Å². The van der Waals surface area contributed by atoms with Crippen LogP contribution in [0.5, 0.6) is 0 Å². The number of aliphatic hydroxyl groups excluding tert-OH is 1. The predicted molar refractivity (Wildman–Crippen MR) is 79.0 cm³/mol. The third-order valence-electron chi connectivity index (χ3n) is 4.52. The van der Waals surface area contributed by atoms with Gasteiger partial charge in [0.1, 0.15) is 5.69 Å². The zero-order valence-electron chi connectivity index (χ0n) is 12.6. The Morgan fingerprint density at radius 3 is 2.61 bits per heavy atom. The van der Waals surface area contributed by atoms with Gasteiger partial charge in [-0.15, -0.1) is 0 Å². The molecule has 1 aromatic heterocycles. The number of hydrogen-bond acceptors (Lipinski definition) is 2. The van der Waals surface area contributed by atoms with E-state index in [0.717, 1.165) is 25.0 Å². The van der Waals surface area contributed by atoms with Gasteiger partial charge in [-0.2, -0.15) is 13.2 Å². The molecule has 23 heavy (non-hydrogen) atoms. The number of benzene rings is 1. The second-order valence-corrected chi connectivity index (χ2v) is 6.20. The molecule has 1 amide bonds. The summed E-state index contributed by atoms with van der Waals surface area (Å²) < 4.78 is 39.9. The van der Waals surface area contributed by atoms with Gasteiger partial charge in [0.2, 0.25) is 0 Å². The molecular formula is C16H17F3N2O2. The Kier molecular flexibility index (Phi) is 3.63. The molecule has 3 rings (SSSR count). The molecule has 0 spiro atoms. The lowest BCUT2D eigenvalue weighted by atomic mass is 10.1. The summed E-state index contributed by atoms with van der Waals surface area (Å²) in [6.45, 7) is 0.398. The summed E-state index contributed by atoms with van der Waals surface area (Å²) in [5, 5.41) is 12.4. The molecule has 1 aromatic carbocycles. The summed E-state index contributed by atoms with van der Waals surface area (Å²) >= 11 is 0. The van der Waals surface area contributed by atoms with Crippen molar-refractivity contribution >= 4 is 16.8 Å². The molecule has 1 saturated carbocycles. The molecule has 1 aliphatic carbocycles. The molecule has 0 atom stereocenters. The SMILES string of the molecule is Cn1c(C(=O)NCC2(CO)CC2)cc2cc(C(F)(F)F)ccc21. The first-order valence-electron chi connectivity index (χ1n) is 7.31. The maximum atomic E-state index is 12.8. The van der Waals surface area contributed by atoms with Gasteiger partial charge in [-0.05, 0) is 37.1 Å². The smallest absolute Gasteiger partial charge is 0.396 e. The zero-order chi connectivity index (χ0) is 16.8. The Hall–Kier alpha value is -2.02. The normalized spacial score (nSPS) is 16.6. The van der Waals surface area contributed by atoms with E-state index in [2.05, 4.69) is 5.32 Å². The van der Waals surface area contributed by atoms with Crippen LogP contribution in [0.1, 0.15) is 28.9 Å². The molecule has 0 radical (unpaired) electrons. The molecule has 4 nitrogen and oxygen atoms in total. The van der Waals surface area contributed by atoms with E-state index in [4.69, 9.17) is 0 Å². The summed E-state index contributed by atoms with van der Waals surface area (Å²) in [6.07, 6.45) is -2.67. The van der Waals surface area contributed by atoms with Crippen molar-refractivity contribution in [2.24, 2.45) is 12.5 Å². The highest BCUT2D eigenvalue weighted by Crippen LogP contribution is 2.44. The largest absolute Gasteiger partial charge is 0.416 e. The second kappa shape index (κ2) is 5.26. The number of aryl methyl sites for hydroxylation is 1. The van der Waals surface area contributed by atoms with E-state index < -0.39 is 11.7 Å². The number of nitrogens with one attached hydrogen (secondary N) is 1. The highest BCUT2D eigenvalue weighted by atomic mass is 19.4. The van der Waals surface area contributed by atoms with Gasteiger partial charge in [0.15, 0.2) is 0 Å². The van der Waals surface area contributed by atoms with Gasteiger partial charge < -0.3 is 15.0 Å². The summed E-state index contributed by atoms with van der Waals surface area (Å²) in [4.78, 5) is 12.3. The van der Waals surface area contributed by atoms with Crippen LogP contribution in [0.4, 0.5) is 13.2 Å². The Bertz CT molecular complexity index is 761. The van der Waals surface area contributed by atoms with Crippen molar-refractivity contribution in [3.05, 3.63) is 35.5 Å². The van der Waals surface area contributed by atoms with Gasteiger partial charge >= 0.3 is 6.18 Å². The van der Waals surface area contributed by atoms with E-state index >= 15 is 0 Å². The minimum Gasteiger partial charge on any atom is -0.396 e. The van der Waals surface area contributed by atoms with Gasteiger partial charge in [-0.25, -0.2) is 0 Å². The topological polar surface area (TPSA) is 54.3 Å². The van der Waals surface area contributed by atoms with E-state index in [1.165, 1.54) is 12.1 Å². The molecule has 1 aliphatic rings. The summed E-state index contributed by atoms with van der Waals surface area (Å²) in [5.41, 5.74) is -0.0942. The number of fused-ring (bicyclic) bond motifs is 1. The van der Waals surface area contributed by atoms with E-state index in [1.807, 2.05) is 0 Å². The maximum Gasteiger partial charge on any atom is 0.416 e. The average Bonchev–Trinajstić information content (AvgIpc) is 3.22. The number of rotatable bonds is 4. The lowest BCUT2D eigenvalue weighted by molar-refractivity contribution is -0.137. The number of aromatic nitrogens is 1.